The lowest BCUT2D eigenvalue weighted by atomic mass is 10.0. The molecule has 0 bridgehead atoms. The fourth-order valence-corrected chi connectivity index (χ4v) is 4.71. The van der Waals surface area contributed by atoms with E-state index in [1.54, 1.807) is 17.9 Å². The fourth-order valence-electron chi connectivity index (χ4n) is 2.60. The molecular weight excluding hydrogens is 266 g/mol. The number of aromatic nitrogens is 4. The van der Waals surface area contributed by atoms with E-state index in [1.807, 2.05) is 6.92 Å². The van der Waals surface area contributed by atoms with Gasteiger partial charge in [-0.25, -0.2) is 23.1 Å². The molecule has 0 spiro atoms. The third kappa shape index (κ3) is 1.86. The van der Waals surface area contributed by atoms with Gasteiger partial charge in [0.15, 0.2) is 15.5 Å². The topological polar surface area (TPSA) is 89.8 Å². The first-order valence-corrected chi connectivity index (χ1v) is 7.85. The van der Waals surface area contributed by atoms with E-state index in [0.717, 1.165) is 5.39 Å². The average Bonchev–Trinajstić information content (AvgIpc) is 2.91. The van der Waals surface area contributed by atoms with E-state index in [-0.39, 0.29) is 11.5 Å². The van der Waals surface area contributed by atoms with Gasteiger partial charge < -0.3 is 5.32 Å². The second-order valence-electron chi connectivity index (χ2n) is 5.10. The van der Waals surface area contributed by atoms with Gasteiger partial charge in [0.1, 0.15) is 12.1 Å². The molecule has 1 fully saturated rings. The van der Waals surface area contributed by atoms with Crippen LogP contribution in [0.4, 0.5) is 5.82 Å². The lowest BCUT2D eigenvalue weighted by Crippen LogP contribution is -2.32. The van der Waals surface area contributed by atoms with Crippen LogP contribution in [0, 0.1) is 0 Å². The molecular formula is C11H15N5O2S. The largest absolute Gasteiger partial charge is 0.372 e. The Morgan fingerprint density at radius 3 is 2.84 bits per heavy atom. The van der Waals surface area contributed by atoms with Crippen LogP contribution in [0.5, 0.6) is 0 Å². The summed E-state index contributed by atoms with van der Waals surface area (Å²) in [6.45, 7) is 1.91. The van der Waals surface area contributed by atoms with Crippen molar-refractivity contribution in [1.82, 2.24) is 19.7 Å². The van der Waals surface area contributed by atoms with E-state index in [0.29, 0.717) is 17.9 Å². The summed E-state index contributed by atoms with van der Waals surface area (Å²) in [6.07, 6.45) is 3.70. The van der Waals surface area contributed by atoms with Gasteiger partial charge in [0.05, 0.1) is 28.6 Å². The first-order valence-electron chi connectivity index (χ1n) is 6.03. The molecule has 3 rings (SSSR count). The monoisotopic (exact) mass is 281 g/mol. The molecule has 0 amide bonds. The van der Waals surface area contributed by atoms with Crippen LogP contribution in [0.25, 0.3) is 11.0 Å². The molecule has 2 aromatic heterocycles. The summed E-state index contributed by atoms with van der Waals surface area (Å²) in [5.74, 6) is 1.01. The second kappa shape index (κ2) is 3.89. The molecule has 1 aliphatic heterocycles. The van der Waals surface area contributed by atoms with Crippen molar-refractivity contribution in [3.63, 3.8) is 0 Å². The SMILES string of the molecule is CNc1ncnc2c1cnn2C1(C)CCS(=O)(=O)C1. The molecule has 1 aliphatic rings. The number of sulfone groups is 1. The van der Waals surface area contributed by atoms with Gasteiger partial charge in [0.25, 0.3) is 0 Å². The van der Waals surface area contributed by atoms with Gasteiger partial charge in [-0.3, -0.25) is 0 Å². The predicted molar refractivity (Wildman–Crippen MR) is 71.8 cm³/mol. The fraction of sp³-hybridized carbons (Fsp3) is 0.545. The van der Waals surface area contributed by atoms with Gasteiger partial charge in [-0.05, 0) is 13.3 Å². The number of hydrogen-bond donors (Lipinski definition) is 1. The van der Waals surface area contributed by atoms with Crippen molar-refractivity contribution in [2.24, 2.45) is 0 Å². The van der Waals surface area contributed by atoms with Crippen LogP contribution in [0.2, 0.25) is 0 Å². The van der Waals surface area contributed by atoms with E-state index in [1.165, 1.54) is 6.33 Å². The van der Waals surface area contributed by atoms with Crippen molar-refractivity contribution < 1.29 is 8.42 Å². The van der Waals surface area contributed by atoms with Gasteiger partial charge in [-0.1, -0.05) is 0 Å². The Morgan fingerprint density at radius 1 is 1.42 bits per heavy atom. The van der Waals surface area contributed by atoms with Crippen molar-refractivity contribution in [1.29, 1.82) is 0 Å². The summed E-state index contributed by atoms with van der Waals surface area (Å²) in [4.78, 5) is 8.36. The highest BCUT2D eigenvalue weighted by Gasteiger charge is 2.41. The molecule has 1 atom stereocenters. The van der Waals surface area contributed by atoms with E-state index in [4.69, 9.17) is 0 Å². The number of anilines is 1. The first-order chi connectivity index (χ1) is 8.95. The Kier molecular flexibility index (Phi) is 2.53. The Morgan fingerprint density at radius 2 is 2.21 bits per heavy atom. The van der Waals surface area contributed by atoms with Crippen LogP contribution >= 0.6 is 0 Å². The summed E-state index contributed by atoms with van der Waals surface area (Å²) in [7, 11) is -1.21. The maximum Gasteiger partial charge on any atom is 0.163 e. The smallest absolute Gasteiger partial charge is 0.163 e. The molecule has 19 heavy (non-hydrogen) atoms. The van der Waals surface area contributed by atoms with Gasteiger partial charge in [0, 0.05) is 7.05 Å². The lowest BCUT2D eigenvalue weighted by Gasteiger charge is -2.23. The van der Waals surface area contributed by atoms with E-state index in [9.17, 15) is 8.42 Å². The molecule has 1 saturated heterocycles. The molecule has 2 aromatic rings. The summed E-state index contributed by atoms with van der Waals surface area (Å²) in [6, 6.07) is 0. The molecule has 1 unspecified atom stereocenters. The number of nitrogens with one attached hydrogen (secondary N) is 1. The van der Waals surface area contributed by atoms with Gasteiger partial charge in [-0.2, -0.15) is 5.10 Å². The minimum Gasteiger partial charge on any atom is -0.372 e. The van der Waals surface area contributed by atoms with E-state index >= 15 is 0 Å². The average molecular weight is 281 g/mol. The highest BCUT2D eigenvalue weighted by Crippen LogP contribution is 2.33. The van der Waals surface area contributed by atoms with Crippen molar-refractivity contribution in [3.8, 4) is 0 Å². The Labute approximate surface area is 111 Å². The minimum absolute atomic E-state index is 0.107. The standard InChI is InChI=1S/C11H15N5O2S/c1-11(3-4-19(17,18)6-11)16-10-8(5-15-16)9(12-2)13-7-14-10/h5,7H,3-4,6H2,1-2H3,(H,12,13,14). The Balaban J connectivity index is 2.17. The van der Waals surface area contributed by atoms with Gasteiger partial charge in [-0.15, -0.1) is 0 Å². The van der Waals surface area contributed by atoms with Crippen molar-refractivity contribution in [2.75, 3.05) is 23.9 Å². The molecule has 102 valence electrons. The third-order valence-electron chi connectivity index (χ3n) is 3.60. The van der Waals surface area contributed by atoms with E-state index < -0.39 is 15.4 Å². The molecule has 1 N–H and O–H groups in total. The third-order valence-corrected chi connectivity index (χ3v) is 5.48. The maximum atomic E-state index is 11.7. The zero-order valence-corrected chi connectivity index (χ0v) is 11.6. The van der Waals surface area contributed by atoms with Crippen LogP contribution in [-0.4, -0.2) is 46.7 Å². The molecule has 0 saturated carbocycles. The molecule has 0 aliphatic carbocycles. The normalized spacial score (nSPS) is 25.8. The lowest BCUT2D eigenvalue weighted by molar-refractivity contribution is 0.338. The number of rotatable bonds is 2. The van der Waals surface area contributed by atoms with Crippen LogP contribution in [0.3, 0.4) is 0 Å². The zero-order chi connectivity index (χ0) is 13.7. The van der Waals surface area contributed by atoms with E-state index in [2.05, 4.69) is 20.4 Å². The Hall–Kier alpha value is -1.70. The molecule has 7 nitrogen and oxygen atoms in total. The quantitative estimate of drug-likeness (QED) is 0.857. The highest BCUT2D eigenvalue weighted by atomic mass is 32.2. The van der Waals surface area contributed by atoms with Crippen molar-refractivity contribution in [2.45, 2.75) is 18.9 Å². The van der Waals surface area contributed by atoms with Crippen LogP contribution < -0.4 is 5.32 Å². The summed E-state index contributed by atoms with van der Waals surface area (Å²) in [5, 5.41) is 8.11. The zero-order valence-electron chi connectivity index (χ0n) is 10.8. The summed E-state index contributed by atoms with van der Waals surface area (Å²) < 4.78 is 25.1. The second-order valence-corrected chi connectivity index (χ2v) is 7.29. The molecule has 0 aromatic carbocycles. The van der Waals surface area contributed by atoms with Crippen LogP contribution in [-0.2, 0) is 15.4 Å². The minimum atomic E-state index is -2.98. The van der Waals surface area contributed by atoms with Gasteiger partial charge in [0.2, 0.25) is 0 Å². The highest BCUT2D eigenvalue weighted by molar-refractivity contribution is 7.91. The van der Waals surface area contributed by atoms with Crippen LogP contribution in [0.1, 0.15) is 13.3 Å². The molecule has 8 heteroatoms. The first kappa shape index (κ1) is 12.3. The summed E-state index contributed by atoms with van der Waals surface area (Å²) >= 11 is 0. The van der Waals surface area contributed by atoms with Crippen molar-refractivity contribution >= 4 is 26.7 Å². The predicted octanol–water partition coefficient (Wildman–Crippen LogP) is 0.402. The van der Waals surface area contributed by atoms with Crippen LogP contribution in [0.15, 0.2) is 12.5 Å². The Bertz CT molecular complexity index is 739. The molecule has 0 radical (unpaired) electrons. The number of fused-ring (bicyclic) bond motifs is 1. The summed E-state index contributed by atoms with van der Waals surface area (Å²) in [5.41, 5.74) is 0.138. The molecule has 3 heterocycles. The van der Waals surface area contributed by atoms with Gasteiger partial charge >= 0.3 is 0 Å². The number of nitrogens with zero attached hydrogens (tertiary/aromatic N) is 4. The van der Waals surface area contributed by atoms with Crippen molar-refractivity contribution in [3.05, 3.63) is 12.5 Å². The maximum absolute atomic E-state index is 11.7. The number of hydrogen-bond acceptors (Lipinski definition) is 6.